The van der Waals surface area contributed by atoms with E-state index in [0.29, 0.717) is 0 Å². The molecular formula is C34H24N2. The van der Waals surface area contributed by atoms with Crippen molar-refractivity contribution in [3.63, 3.8) is 0 Å². The molecule has 2 nitrogen and oxygen atoms in total. The summed E-state index contributed by atoms with van der Waals surface area (Å²) in [5.74, 6) is 0.951. The van der Waals surface area contributed by atoms with E-state index >= 15 is 0 Å². The first kappa shape index (κ1) is 19.8. The number of benzene rings is 5. The van der Waals surface area contributed by atoms with Crippen LogP contribution in [-0.4, -0.2) is 9.55 Å². The monoisotopic (exact) mass is 460 g/mol. The Balaban J connectivity index is 1.50. The summed E-state index contributed by atoms with van der Waals surface area (Å²) in [4.78, 5) is 4.90. The van der Waals surface area contributed by atoms with Gasteiger partial charge < -0.3 is 0 Å². The highest BCUT2D eigenvalue weighted by Gasteiger charge is 2.35. The van der Waals surface area contributed by atoms with Crippen molar-refractivity contribution in [2.75, 3.05) is 0 Å². The second-order valence-electron chi connectivity index (χ2n) is 10.5. The van der Waals surface area contributed by atoms with E-state index in [9.17, 15) is 0 Å². The quantitative estimate of drug-likeness (QED) is 0.239. The number of nitrogens with zero attached hydrogens (tertiary/aromatic N) is 2. The molecule has 0 N–H and O–H groups in total. The van der Waals surface area contributed by atoms with E-state index in [2.05, 4.69) is 122 Å². The van der Waals surface area contributed by atoms with Gasteiger partial charge in [0.2, 0.25) is 0 Å². The Hall–Kier alpha value is -4.43. The van der Waals surface area contributed by atoms with Crippen LogP contribution in [0.15, 0.2) is 109 Å². The van der Waals surface area contributed by atoms with Gasteiger partial charge in [-0.15, -0.1) is 0 Å². The van der Waals surface area contributed by atoms with Crippen molar-refractivity contribution in [1.29, 1.82) is 0 Å². The first-order valence-corrected chi connectivity index (χ1v) is 12.6. The van der Waals surface area contributed by atoms with Crippen LogP contribution in [-0.2, 0) is 5.41 Å². The smallest absolute Gasteiger partial charge is 0.138 e. The molecule has 2 aromatic heterocycles. The zero-order valence-electron chi connectivity index (χ0n) is 20.3. The predicted octanol–water partition coefficient (Wildman–Crippen LogP) is 8.79. The lowest BCUT2D eigenvalue weighted by Crippen LogP contribution is -2.14. The normalized spacial score (nSPS) is 14.1. The molecule has 2 heterocycles. The summed E-state index contributed by atoms with van der Waals surface area (Å²) in [6.45, 7) is 4.69. The standard InChI is InChI=1S/C34H24N2/c1-34(2)28-13-7-5-11-24(28)27-19-26-22(17-29(27)34)15-16-31-33(26)25-12-6-8-14-30(25)36(31)32-18-21-9-3-4-10-23(21)20-35-32/h3-20H,1-2H3. The number of hydrogen-bond donors (Lipinski definition) is 0. The van der Waals surface area contributed by atoms with Crippen molar-refractivity contribution in [1.82, 2.24) is 9.55 Å². The Morgan fingerprint density at radius 3 is 2.28 bits per heavy atom. The van der Waals surface area contributed by atoms with Gasteiger partial charge >= 0.3 is 0 Å². The minimum absolute atomic E-state index is 0.00190. The van der Waals surface area contributed by atoms with Crippen molar-refractivity contribution in [3.8, 4) is 16.9 Å². The molecule has 36 heavy (non-hydrogen) atoms. The molecule has 1 aliphatic rings. The van der Waals surface area contributed by atoms with E-state index < -0.39 is 0 Å². The minimum atomic E-state index is -0.00190. The number of pyridine rings is 1. The van der Waals surface area contributed by atoms with Gasteiger partial charge in [0.15, 0.2) is 0 Å². The van der Waals surface area contributed by atoms with E-state index in [1.807, 2.05) is 6.20 Å². The molecule has 0 atom stereocenters. The Kier molecular flexibility index (Phi) is 3.76. The largest absolute Gasteiger partial charge is 0.294 e. The lowest BCUT2D eigenvalue weighted by atomic mass is 9.82. The first-order valence-electron chi connectivity index (χ1n) is 12.6. The first-order chi connectivity index (χ1) is 17.6. The lowest BCUT2D eigenvalue weighted by molar-refractivity contribution is 0.661. The molecule has 2 heteroatoms. The molecule has 0 spiro atoms. The zero-order valence-corrected chi connectivity index (χ0v) is 20.3. The third-order valence-corrected chi connectivity index (χ3v) is 8.20. The van der Waals surface area contributed by atoms with E-state index in [-0.39, 0.29) is 5.41 Å². The summed E-state index contributed by atoms with van der Waals surface area (Å²) in [6, 6.07) is 37.7. The van der Waals surface area contributed by atoms with Crippen LogP contribution in [0.4, 0.5) is 0 Å². The summed E-state index contributed by atoms with van der Waals surface area (Å²) in [6.07, 6.45) is 1.98. The van der Waals surface area contributed by atoms with Crippen LogP contribution in [0.5, 0.6) is 0 Å². The van der Waals surface area contributed by atoms with E-state index in [1.165, 1.54) is 60.2 Å². The molecule has 1 aliphatic carbocycles. The number of aromatic nitrogens is 2. The Morgan fingerprint density at radius 2 is 1.36 bits per heavy atom. The molecule has 0 unspecified atom stereocenters. The topological polar surface area (TPSA) is 17.8 Å². The van der Waals surface area contributed by atoms with Crippen LogP contribution in [0.25, 0.3) is 60.3 Å². The molecular weight excluding hydrogens is 436 g/mol. The summed E-state index contributed by atoms with van der Waals surface area (Å²) in [5, 5.41) is 7.50. The van der Waals surface area contributed by atoms with Crippen LogP contribution >= 0.6 is 0 Å². The van der Waals surface area contributed by atoms with E-state index in [1.54, 1.807) is 0 Å². The zero-order chi connectivity index (χ0) is 24.0. The van der Waals surface area contributed by atoms with Gasteiger partial charge in [-0.1, -0.05) is 86.6 Å². The highest BCUT2D eigenvalue weighted by molar-refractivity contribution is 6.22. The van der Waals surface area contributed by atoms with Crippen molar-refractivity contribution < 1.29 is 0 Å². The van der Waals surface area contributed by atoms with Gasteiger partial charge in [-0.3, -0.25) is 4.57 Å². The molecule has 5 aromatic carbocycles. The van der Waals surface area contributed by atoms with Crippen molar-refractivity contribution in [2.24, 2.45) is 0 Å². The van der Waals surface area contributed by atoms with Gasteiger partial charge in [-0.05, 0) is 68.7 Å². The van der Waals surface area contributed by atoms with Gasteiger partial charge in [0.25, 0.3) is 0 Å². The second-order valence-corrected chi connectivity index (χ2v) is 10.5. The van der Waals surface area contributed by atoms with Crippen molar-refractivity contribution >= 4 is 43.4 Å². The molecule has 7 aromatic rings. The third kappa shape index (κ3) is 2.48. The van der Waals surface area contributed by atoms with Crippen molar-refractivity contribution in [2.45, 2.75) is 19.3 Å². The summed E-state index contributed by atoms with van der Waals surface area (Å²) < 4.78 is 2.32. The molecule has 0 radical (unpaired) electrons. The highest BCUT2D eigenvalue weighted by Crippen LogP contribution is 2.50. The van der Waals surface area contributed by atoms with Gasteiger partial charge in [-0.25, -0.2) is 4.98 Å². The van der Waals surface area contributed by atoms with Crippen LogP contribution in [0, 0.1) is 0 Å². The molecule has 8 rings (SSSR count). The summed E-state index contributed by atoms with van der Waals surface area (Å²) >= 11 is 0. The number of fused-ring (bicyclic) bond motifs is 9. The molecule has 0 fully saturated rings. The van der Waals surface area contributed by atoms with Crippen LogP contribution in [0.1, 0.15) is 25.0 Å². The molecule has 0 bridgehead atoms. The second kappa shape index (κ2) is 6.83. The van der Waals surface area contributed by atoms with E-state index in [4.69, 9.17) is 4.98 Å². The van der Waals surface area contributed by atoms with E-state index in [0.717, 1.165) is 11.2 Å². The Morgan fingerprint density at radius 1 is 0.583 bits per heavy atom. The fourth-order valence-corrected chi connectivity index (χ4v) is 6.43. The fraction of sp³-hybridized carbons (Fsp3) is 0.0882. The van der Waals surface area contributed by atoms with Crippen LogP contribution < -0.4 is 0 Å². The molecule has 0 amide bonds. The molecule has 0 aliphatic heterocycles. The molecule has 170 valence electrons. The Labute approximate surface area is 209 Å². The lowest BCUT2D eigenvalue weighted by Gasteiger charge is -2.21. The fourth-order valence-electron chi connectivity index (χ4n) is 6.43. The summed E-state index contributed by atoms with van der Waals surface area (Å²) in [7, 11) is 0. The maximum atomic E-state index is 4.90. The number of hydrogen-bond acceptors (Lipinski definition) is 1. The average molecular weight is 461 g/mol. The van der Waals surface area contributed by atoms with Gasteiger partial charge in [-0.2, -0.15) is 0 Å². The highest BCUT2D eigenvalue weighted by atomic mass is 15.1. The molecule has 0 saturated heterocycles. The average Bonchev–Trinajstić information content (AvgIpc) is 3.37. The van der Waals surface area contributed by atoms with Crippen LogP contribution in [0.2, 0.25) is 0 Å². The van der Waals surface area contributed by atoms with Crippen molar-refractivity contribution in [3.05, 3.63) is 120 Å². The predicted molar refractivity (Wildman–Crippen MR) is 151 cm³/mol. The van der Waals surface area contributed by atoms with Crippen LogP contribution in [0.3, 0.4) is 0 Å². The maximum Gasteiger partial charge on any atom is 0.138 e. The van der Waals surface area contributed by atoms with Gasteiger partial charge in [0, 0.05) is 27.8 Å². The summed E-state index contributed by atoms with van der Waals surface area (Å²) in [5.41, 5.74) is 7.91. The molecule has 0 saturated carbocycles. The van der Waals surface area contributed by atoms with Gasteiger partial charge in [0.05, 0.1) is 11.0 Å². The number of rotatable bonds is 1. The Bertz CT molecular complexity index is 2020. The number of para-hydroxylation sites is 1. The third-order valence-electron chi connectivity index (χ3n) is 8.20. The van der Waals surface area contributed by atoms with Gasteiger partial charge in [0.1, 0.15) is 5.82 Å². The minimum Gasteiger partial charge on any atom is -0.294 e. The SMILES string of the molecule is CC1(C)c2ccccc2-c2cc3c(ccc4c3c3ccccc3n4-c3cc4ccccc4cn3)cc21. The maximum absolute atomic E-state index is 4.90.